The summed E-state index contributed by atoms with van der Waals surface area (Å²) < 4.78 is 27.0. The van der Waals surface area contributed by atoms with Gasteiger partial charge in [-0.15, -0.1) is 0 Å². The van der Waals surface area contributed by atoms with Crippen LogP contribution in [-0.4, -0.2) is 49.8 Å². The van der Waals surface area contributed by atoms with Crippen LogP contribution in [0.3, 0.4) is 0 Å². The summed E-state index contributed by atoms with van der Waals surface area (Å²) in [5.74, 6) is 0. The summed E-state index contributed by atoms with van der Waals surface area (Å²) in [7, 11) is -3.56. The van der Waals surface area contributed by atoms with Crippen LogP contribution in [-0.2, 0) is 10.0 Å². The van der Waals surface area contributed by atoms with Crippen molar-refractivity contribution in [2.45, 2.75) is 23.8 Å². The van der Waals surface area contributed by atoms with Crippen LogP contribution in [0.4, 0.5) is 0 Å². The monoisotopic (exact) mass is 291 g/mol. The van der Waals surface area contributed by atoms with Gasteiger partial charge < -0.3 is 0 Å². The molecule has 1 unspecified atom stereocenters. The van der Waals surface area contributed by atoms with Crippen LogP contribution in [0.25, 0.3) is 0 Å². The lowest BCUT2D eigenvalue weighted by molar-refractivity contribution is 0.158. The van der Waals surface area contributed by atoms with Crippen molar-refractivity contribution < 1.29 is 8.42 Å². The first kappa shape index (κ1) is 13.6. The van der Waals surface area contributed by atoms with Crippen LogP contribution in [0.5, 0.6) is 0 Å². The Morgan fingerprint density at radius 1 is 1.20 bits per heavy atom. The molecule has 0 bridgehead atoms. The van der Waals surface area contributed by atoms with Crippen molar-refractivity contribution in [3.63, 3.8) is 0 Å². The molecule has 0 N–H and O–H groups in total. The quantitative estimate of drug-likeness (QED) is 0.816. The molecule has 2 fully saturated rings. The maximum absolute atomic E-state index is 12.7. The van der Waals surface area contributed by atoms with Gasteiger partial charge in [-0.3, -0.25) is 4.90 Å². The number of piperazine rings is 1. The second-order valence-electron chi connectivity index (χ2n) is 5.30. The predicted octanol–water partition coefficient (Wildman–Crippen LogP) is 1.03. The molecular weight excluding hydrogens is 274 g/mol. The first-order chi connectivity index (χ1) is 9.63. The number of hydrogen-bond acceptors (Lipinski definition) is 4. The zero-order valence-corrected chi connectivity index (χ0v) is 12.0. The standard InChI is InChI=1S/C14H17N3O2S/c15-10-12-4-1-2-6-14(12)20(18,19)17-9-8-16-7-3-5-13(16)11-17/h1-2,4,6,13H,3,5,7-9,11H2. The third kappa shape index (κ3) is 2.22. The highest BCUT2D eigenvalue weighted by molar-refractivity contribution is 7.89. The van der Waals surface area contributed by atoms with Crippen LogP contribution in [0.15, 0.2) is 29.2 Å². The summed E-state index contributed by atoms with van der Waals surface area (Å²) in [5.41, 5.74) is 0.223. The number of benzene rings is 1. The first-order valence-corrected chi connectivity index (χ1v) is 8.30. The molecule has 106 valence electrons. The summed E-state index contributed by atoms with van der Waals surface area (Å²) in [6.45, 7) is 2.92. The lowest BCUT2D eigenvalue weighted by atomic mass is 10.2. The molecule has 2 aliphatic heterocycles. The van der Waals surface area contributed by atoms with Crippen molar-refractivity contribution in [3.05, 3.63) is 29.8 Å². The van der Waals surface area contributed by atoms with E-state index in [1.54, 1.807) is 18.2 Å². The zero-order valence-electron chi connectivity index (χ0n) is 11.2. The lowest BCUT2D eigenvalue weighted by Crippen LogP contribution is -2.51. The van der Waals surface area contributed by atoms with Crippen LogP contribution in [0.2, 0.25) is 0 Å². The highest BCUT2D eigenvalue weighted by Crippen LogP contribution is 2.26. The van der Waals surface area contributed by atoms with Gasteiger partial charge in [0, 0.05) is 25.7 Å². The summed E-state index contributed by atoms with van der Waals surface area (Å²) in [6, 6.07) is 8.74. The summed E-state index contributed by atoms with van der Waals surface area (Å²) in [5, 5.41) is 9.09. The molecule has 0 aliphatic carbocycles. The maximum atomic E-state index is 12.7. The zero-order chi connectivity index (χ0) is 14.2. The molecule has 0 amide bonds. The average Bonchev–Trinajstić information content (AvgIpc) is 2.94. The highest BCUT2D eigenvalue weighted by atomic mass is 32.2. The predicted molar refractivity (Wildman–Crippen MR) is 74.5 cm³/mol. The Bertz CT molecular complexity index is 651. The number of hydrogen-bond donors (Lipinski definition) is 0. The van der Waals surface area contributed by atoms with Crippen molar-refractivity contribution in [3.8, 4) is 6.07 Å². The largest absolute Gasteiger partial charge is 0.298 e. The molecule has 1 aromatic rings. The molecule has 2 aliphatic rings. The number of nitrogens with zero attached hydrogens (tertiary/aromatic N) is 3. The molecular formula is C14H17N3O2S. The van der Waals surface area contributed by atoms with Gasteiger partial charge in [0.2, 0.25) is 10.0 Å². The van der Waals surface area contributed by atoms with E-state index in [4.69, 9.17) is 5.26 Å². The maximum Gasteiger partial charge on any atom is 0.244 e. The number of sulfonamides is 1. The van der Waals surface area contributed by atoms with Gasteiger partial charge in [0.05, 0.1) is 10.5 Å². The highest BCUT2D eigenvalue weighted by Gasteiger charge is 2.36. The lowest BCUT2D eigenvalue weighted by Gasteiger charge is -2.36. The molecule has 0 saturated carbocycles. The number of fused-ring (bicyclic) bond motifs is 1. The number of nitriles is 1. The molecule has 2 heterocycles. The topological polar surface area (TPSA) is 64.4 Å². The van der Waals surface area contributed by atoms with E-state index < -0.39 is 10.0 Å². The van der Waals surface area contributed by atoms with E-state index >= 15 is 0 Å². The molecule has 20 heavy (non-hydrogen) atoms. The van der Waals surface area contributed by atoms with Gasteiger partial charge in [-0.25, -0.2) is 8.42 Å². The molecule has 0 radical (unpaired) electrons. The molecule has 2 saturated heterocycles. The van der Waals surface area contributed by atoms with E-state index in [1.165, 1.54) is 10.4 Å². The van der Waals surface area contributed by atoms with Gasteiger partial charge in [0.15, 0.2) is 0 Å². The smallest absolute Gasteiger partial charge is 0.244 e. The molecule has 1 atom stereocenters. The van der Waals surface area contributed by atoms with E-state index in [1.807, 2.05) is 6.07 Å². The van der Waals surface area contributed by atoms with E-state index in [-0.39, 0.29) is 10.5 Å². The fourth-order valence-corrected chi connectivity index (χ4v) is 4.71. The molecule has 1 aromatic carbocycles. The van der Waals surface area contributed by atoms with Crippen LogP contribution >= 0.6 is 0 Å². The minimum atomic E-state index is -3.56. The Labute approximate surface area is 119 Å². The van der Waals surface area contributed by atoms with E-state index in [9.17, 15) is 8.42 Å². The fraction of sp³-hybridized carbons (Fsp3) is 0.500. The number of rotatable bonds is 2. The summed E-state index contributed by atoms with van der Waals surface area (Å²) in [6.07, 6.45) is 2.21. The van der Waals surface area contributed by atoms with Gasteiger partial charge in [0.1, 0.15) is 6.07 Å². The average molecular weight is 291 g/mol. The first-order valence-electron chi connectivity index (χ1n) is 6.86. The van der Waals surface area contributed by atoms with Crippen molar-refractivity contribution in [2.75, 3.05) is 26.2 Å². The Kier molecular flexibility index (Phi) is 3.50. The molecule has 6 heteroatoms. The van der Waals surface area contributed by atoms with E-state index in [2.05, 4.69) is 4.90 Å². The van der Waals surface area contributed by atoms with Crippen molar-refractivity contribution in [1.29, 1.82) is 5.26 Å². The van der Waals surface area contributed by atoms with Gasteiger partial charge >= 0.3 is 0 Å². The molecule has 3 rings (SSSR count). The van der Waals surface area contributed by atoms with Crippen molar-refractivity contribution in [2.24, 2.45) is 0 Å². The van der Waals surface area contributed by atoms with Gasteiger partial charge in [-0.1, -0.05) is 12.1 Å². The van der Waals surface area contributed by atoms with Gasteiger partial charge in [0.25, 0.3) is 0 Å². The van der Waals surface area contributed by atoms with Crippen molar-refractivity contribution in [1.82, 2.24) is 9.21 Å². The van der Waals surface area contributed by atoms with Crippen LogP contribution in [0.1, 0.15) is 18.4 Å². The fourth-order valence-electron chi connectivity index (χ4n) is 3.10. The SMILES string of the molecule is N#Cc1ccccc1S(=O)(=O)N1CCN2CCCC2C1. The van der Waals surface area contributed by atoms with Crippen molar-refractivity contribution >= 4 is 10.0 Å². The van der Waals surface area contributed by atoms with Gasteiger partial charge in [-0.2, -0.15) is 9.57 Å². The van der Waals surface area contributed by atoms with Crippen LogP contribution < -0.4 is 0 Å². The normalized spacial score (nSPS) is 24.2. The minimum absolute atomic E-state index is 0.133. The van der Waals surface area contributed by atoms with E-state index in [0.717, 1.165) is 25.9 Å². The van der Waals surface area contributed by atoms with Crippen LogP contribution in [0, 0.1) is 11.3 Å². The Hall–Kier alpha value is -1.42. The molecule has 0 spiro atoms. The second kappa shape index (κ2) is 5.17. The minimum Gasteiger partial charge on any atom is -0.298 e. The second-order valence-corrected chi connectivity index (χ2v) is 7.21. The summed E-state index contributed by atoms with van der Waals surface area (Å²) in [4.78, 5) is 2.50. The van der Waals surface area contributed by atoms with Gasteiger partial charge in [-0.05, 0) is 31.5 Å². The third-order valence-corrected chi connectivity index (χ3v) is 6.10. The molecule has 0 aromatic heterocycles. The van der Waals surface area contributed by atoms with E-state index in [0.29, 0.717) is 19.1 Å². The Morgan fingerprint density at radius 2 is 2.00 bits per heavy atom. The molecule has 5 nitrogen and oxygen atoms in total. The summed E-state index contributed by atoms with van der Waals surface area (Å²) >= 11 is 0. The Balaban J connectivity index is 1.91. The Morgan fingerprint density at radius 3 is 2.80 bits per heavy atom. The third-order valence-electron chi connectivity index (χ3n) is 4.18.